The van der Waals surface area contributed by atoms with Crippen molar-refractivity contribution in [3.8, 4) is 0 Å². The van der Waals surface area contributed by atoms with Gasteiger partial charge in [-0.3, -0.25) is 4.79 Å². The summed E-state index contributed by atoms with van der Waals surface area (Å²) in [5.41, 5.74) is -0.00868. The van der Waals surface area contributed by atoms with Gasteiger partial charge < -0.3 is 10.2 Å². The van der Waals surface area contributed by atoms with Crippen LogP contribution in [0.1, 0.15) is 19.3 Å². The van der Waals surface area contributed by atoms with E-state index in [1.807, 2.05) is 11.9 Å². The van der Waals surface area contributed by atoms with Gasteiger partial charge in [0.25, 0.3) is 0 Å². The molecule has 1 aliphatic carbocycles. The van der Waals surface area contributed by atoms with Crippen molar-refractivity contribution in [3.63, 3.8) is 0 Å². The Kier molecular flexibility index (Phi) is 1.83. The lowest BCUT2D eigenvalue weighted by Crippen LogP contribution is -2.48. The van der Waals surface area contributed by atoms with Gasteiger partial charge >= 0.3 is 0 Å². The molecule has 3 heteroatoms. The molecular formula is C9H16N2O. The van der Waals surface area contributed by atoms with E-state index in [9.17, 15) is 4.79 Å². The van der Waals surface area contributed by atoms with Gasteiger partial charge in [0.1, 0.15) is 0 Å². The summed E-state index contributed by atoms with van der Waals surface area (Å²) in [5, 5.41) is 3.34. The summed E-state index contributed by atoms with van der Waals surface area (Å²) in [7, 11) is 1.91. The van der Waals surface area contributed by atoms with Crippen molar-refractivity contribution in [2.45, 2.75) is 19.3 Å². The Morgan fingerprint density at radius 3 is 2.83 bits per heavy atom. The number of rotatable bonds is 0. The smallest absolute Gasteiger partial charge is 0.229 e. The van der Waals surface area contributed by atoms with Crippen LogP contribution in [0.25, 0.3) is 0 Å². The van der Waals surface area contributed by atoms with E-state index < -0.39 is 0 Å². The van der Waals surface area contributed by atoms with Crippen molar-refractivity contribution in [2.24, 2.45) is 5.41 Å². The van der Waals surface area contributed by atoms with Gasteiger partial charge in [-0.25, -0.2) is 0 Å². The van der Waals surface area contributed by atoms with Crippen molar-refractivity contribution in [1.82, 2.24) is 10.2 Å². The van der Waals surface area contributed by atoms with Crippen molar-refractivity contribution < 1.29 is 4.79 Å². The minimum atomic E-state index is -0.00868. The maximum atomic E-state index is 11.8. The molecule has 1 N–H and O–H groups in total. The Balaban J connectivity index is 2.15. The number of nitrogens with zero attached hydrogens (tertiary/aromatic N) is 1. The van der Waals surface area contributed by atoms with Crippen LogP contribution in [-0.2, 0) is 4.79 Å². The van der Waals surface area contributed by atoms with E-state index in [4.69, 9.17) is 0 Å². The first-order chi connectivity index (χ1) is 5.75. The second-order valence-electron chi connectivity index (χ2n) is 4.04. The van der Waals surface area contributed by atoms with Crippen molar-refractivity contribution in [3.05, 3.63) is 0 Å². The number of carbonyl (C=O) groups is 1. The summed E-state index contributed by atoms with van der Waals surface area (Å²) in [4.78, 5) is 13.7. The van der Waals surface area contributed by atoms with Crippen LogP contribution in [0, 0.1) is 5.41 Å². The molecule has 2 aliphatic rings. The minimum absolute atomic E-state index is 0.00868. The first-order valence-electron chi connectivity index (χ1n) is 4.71. The SMILES string of the molecule is CN1CCNCC2(CCC2)C1=O. The summed E-state index contributed by atoms with van der Waals surface area (Å²) < 4.78 is 0. The predicted molar refractivity (Wildman–Crippen MR) is 46.8 cm³/mol. The summed E-state index contributed by atoms with van der Waals surface area (Å²) in [6, 6.07) is 0. The molecule has 1 amide bonds. The Morgan fingerprint density at radius 2 is 2.25 bits per heavy atom. The molecule has 2 rings (SSSR count). The Bertz CT molecular complexity index is 199. The molecule has 12 heavy (non-hydrogen) atoms. The number of likely N-dealkylation sites (N-methyl/N-ethyl adjacent to an activating group) is 1. The molecule has 0 aromatic heterocycles. The number of hydrogen-bond acceptors (Lipinski definition) is 2. The second kappa shape index (κ2) is 2.73. The first-order valence-corrected chi connectivity index (χ1v) is 4.71. The predicted octanol–water partition coefficient (Wildman–Crippen LogP) is 0.218. The number of carbonyl (C=O) groups excluding carboxylic acids is 1. The summed E-state index contributed by atoms with van der Waals surface area (Å²) in [6.07, 6.45) is 3.40. The largest absolute Gasteiger partial charge is 0.344 e. The van der Waals surface area contributed by atoms with Gasteiger partial charge in [0.05, 0.1) is 5.41 Å². The van der Waals surface area contributed by atoms with Crippen LogP contribution >= 0.6 is 0 Å². The van der Waals surface area contributed by atoms with Gasteiger partial charge in [-0.2, -0.15) is 0 Å². The van der Waals surface area contributed by atoms with Crippen molar-refractivity contribution >= 4 is 5.91 Å². The van der Waals surface area contributed by atoms with Crippen LogP contribution in [0.2, 0.25) is 0 Å². The topological polar surface area (TPSA) is 32.3 Å². The molecule has 1 aliphatic heterocycles. The van der Waals surface area contributed by atoms with Gasteiger partial charge in [0.2, 0.25) is 5.91 Å². The summed E-state index contributed by atoms with van der Waals surface area (Å²) in [5.74, 6) is 0.360. The average Bonchev–Trinajstić information content (AvgIpc) is 2.12. The van der Waals surface area contributed by atoms with Crippen LogP contribution in [-0.4, -0.2) is 37.5 Å². The van der Waals surface area contributed by atoms with E-state index in [0.29, 0.717) is 5.91 Å². The zero-order chi connectivity index (χ0) is 8.60. The maximum Gasteiger partial charge on any atom is 0.229 e. The van der Waals surface area contributed by atoms with E-state index >= 15 is 0 Å². The summed E-state index contributed by atoms with van der Waals surface area (Å²) >= 11 is 0. The third kappa shape index (κ3) is 1.04. The minimum Gasteiger partial charge on any atom is -0.344 e. The highest BCUT2D eigenvalue weighted by Gasteiger charge is 2.45. The molecule has 0 aromatic rings. The number of hydrogen-bond donors (Lipinski definition) is 1. The van der Waals surface area contributed by atoms with E-state index in [-0.39, 0.29) is 5.41 Å². The second-order valence-corrected chi connectivity index (χ2v) is 4.04. The molecule has 0 radical (unpaired) electrons. The summed E-state index contributed by atoms with van der Waals surface area (Å²) in [6.45, 7) is 2.71. The normalized spacial score (nSPS) is 28.4. The number of nitrogens with one attached hydrogen (secondary N) is 1. The lowest BCUT2D eigenvalue weighted by molar-refractivity contribution is -0.144. The molecule has 2 fully saturated rings. The van der Waals surface area contributed by atoms with Crippen LogP contribution in [0.3, 0.4) is 0 Å². The molecule has 1 spiro atoms. The molecule has 1 heterocycles. The lowest BCUT2D eigenvalue weighted by atomic mass is 9.68. The van der Waals surface area contributed by atoms with E-state index in [1.54, 1.807) is 0 Å². The standard InChI is InChI=1S/C9H16N2O/c1-11-6-5-10-7-9(8(11)12)3-2-4-9/h10H,2-7H2,1H3. The fourth-order valence-electron chi connectivity index (χ4n) is 2.15. The highest BCUT2D eigenvalue weighted by atomic mass is 16.2. The van der Waals surface area contributed by atoms with Gasteiger partial charge in [0.15, 0.2) is 0 Å². The van der Waals surface area contributed by atoms with E-state index in [0.717, 1.165) is 32.5 Å². The van der Waals surface area contributed by atoms with Crippen molar-refractivity contribution in [2.75, 3.05) is 26.7 Å². The van der Waals surface area contributed by atoms with Gasteiger partial charge in [-0.1, -0.05) is 6.42 Å². The average molecular weight is 168 g/mol. The molecule has 0 unspecified atom stereocenters. The molecule has 68 valence electrons. The van der Waals surface area contributed by atoms with Crippen LogP contribution in [0.5, 0.6) is 0 Å². The molecule has 0 atom stereocenters. The van der Waals surface area contributed by atoms with E-state index in [2.05, 4.69) is 5.32 Å². The van der Waals surface area contributed by atoms with Gasteiger partial charge in [-0.05, 0) is 12.8 Å². The monoisotopic (exact) mass is 168 g/mol. The number of amides is 1. The molecule has 0 bridgehead atoms. The Hall–Kier alpha value is -0.570. The zero-order valence-electron chi connectivity index (χ0n) is 7.60. The Labute approximate surface area is 73.1 Å². The molecular weight excluding hydrogens is 152 g/mol. The first kappa shape index (κ1) is 8.05. The van der Waals surface area contributed by atoms with Crippen LogP contribution in [0.4, 0.5) is 0 Å². The fraction of sp³-hybridized carbons (Fsp3) is 0.889. The van der Waals surface area contributed by atoms with Crippen LogP contribution < -0.4 is 5.32 Å². The third-order valence-electron chi connectivity index (χ3n) is 3.20. The van der Waals surface area contributed by atoms with Gasteiger partial charge in [-0.15, -0.1) is 0 Å². The maximum absolute atomic E-state index is 11.8. The van der Waals surface area contributed by atoms with E-state index in [1.165, 1.54) is 6.42 Å². The van der Waals surface area contributed by atoms with Gasteiger partial charge in [0, 0.05) is 26.7 Å². The quantitative estimate of drug-likeness (QED) is 0.561. The molecule has 1 saturated heterocycles. The molecule has 3 nitrogen and oxygen atoms in total. The fourth-order valence-corrected chi connectivity index (χ4v) is 2.15. The zero-order valence-corrected chi connectivity index (χ0v) is 7.60. The Morgan fingerprint density at radius 1 is 1.50 bits per heavy atom. The molecule has 1 saturated carbocycles. The molecule has 0 aromatic carbocycles. The third-order valence-corrected chi connectivity index (χ3v) is 3.20. The highest BCUT2D eigenvalue weighted by molar-refractivity contribution is 5.84. The highest BCUT2D eigenvalue weighted by Crippen LogP contribution is 2.42. The van der Waals surface area contributed by atoms with Crippen LogP contribution in [0.15, 0.2) is 0 Å². The van der Waals surface area contributed by atoms with Crippen molar-refractivity contribution in [1.29, 1.82) is 0 Å². The lowest BCUT2D eigenvalue weighted by Gasteiger charge is -2.40.